The Morgan fingerprint density at radius 3 is 2.71 bits per heavy atom. The molecule has 0 atom stereocenters. The van der Waals surface area contributed by atoms with E-state index in [2.05, 4.69) is 17.0 Å². The number of hydrogen-bond acceptors (Lipinski definition) is 2. The zero-order valence-electron chi connectivity index (χ0n) is 10.2. The van der Waals surface area contributed by atoms with Crippen molar-refractivity contribution < 1.29 is 0 Å². The second kappa shape index (κ2) is 4.99. The second-order valence-corrected chi connectivity index (χ2v) is 4.16. The molecule has 0 radical (unpaired) electrons. The van der Waals surface area contributed by atoms with Gasteiger partial charge in [0.2, 0.25) is 0 Å². The van der Waals surface area contributed by atoms with Gasteiger partial charge in [-0.25, -0.2) is 4.68 Å². The molecule has 0 amide bonds. The molecule has 2 heterocycles. The third kappa shape index (κ3) is 2.30. The highest BCUT2D eigenvalue weighted by Gasteiger charge is 2.11. The molecule has 0 bridgehead atoms. The first-order valence-corrected chi connectivity index (χ1v) is 5.95. The summed E-state index contributed by atoms with van der Waals surface area (Å²) in [5.41, 5.74) is 2.74. The smallest absolute Gasteiger partial charge is 0.274 e. The standard InChI is InChI=1S/C13H17N3O/c1-3-4-5-12-10(2)15-16(13(12)17)11-6-8-14-9-7-11/h6-9,15H,3-5H2,1-2H3. The monoisotopic (exact) mass is 231 g/mol. The summed E-state index contributed by atoms with van der Waals surface area (Å²) in [7, 11) is 0. The van der Waals surface area contributed by atoms with Crippen molar-refractivity contribution >= 4 is 0 Å². The van der Waals surface area contributed by atoms with E-state index in [1.807, 2.05) is 19.1 Å². The number of H-pyrrole nitrogens is 1. The Hall–Kier alpha value is -1.84. The van der Waals surface area contributed by atoms with Gasteiger partial charge >= 0.3 is 0 Å². The van der Waals surface area contributed by atoms with Crippen molar-refractivity contribution in [3.63, 3.8) is 0 Å². The minimum atomic E-state index is 0.0575. The van der Waals surface area contributed by atoms with Gasteiger partial charge in [0.25, 0.3) is 5.56 Å². The lowest BCUT2D eigenvalue weighted by Gasteiger charge is -1.99. The van der Waals surface area contributed by atoms with Crippen molar-refractivity contribution in [2.75, 3.05) is 0 Å². The van der Waals surface area contributed by atoms with Crippen LogP contribution in [-0.2, 0) is 6.42 Å². The lowest BCUT2D eigenvalue weighted by Crippen LogP contribution is -2.17. The van der Waals surface area contributed by atoms with E-state index >= 15 is 0 Å². The maximum absolute atomic E-state index is 12.2. The van der Waals surface area contributed by atoms with Gasteiger partial charge in [0.05, 0.1) is 5.69 Å². The molecule has 0 aliphatic heterocycles. The fraction of sp³-hybridized carbons (Fsp3) is 0.385. The molecule has 0 aliphatic carbocycles. The molecular formula is C13H17N3O. The van der Waals surface area contributed by atoms with Gasteiger partial charge in [0, 0.05) is 23.7 Å². The van der Waals surface area contributed by atoms with E-state index in [0.29, 0.717) is 0 Å². The molecule has 90 valence electrons. The molecule has 1 N–H and O–H groups in total. The maximum atomic E-state index is 12.2. The van der Waals surface area contributed by atoms with Gasteiger partial charge in [0.1, 0.15) is 0 Å². The van der Waals surface area contributed by atoms with Crippen LogP contribution in [0.15, 0.2) is 29.3 Å². The highest BCUT2D eigenvalue weighted by Crippen LogP contribution is 2.08. The highest BCUT2D eigenvalue weighted by atomic mass is 16.1. The Kier molecular flexibility index (Phi) is 3.42. The van der Waals surface area contributed by atoms with Crippen molar-refractivity contribution in [1.82, 2.24) is 14.8 Å². The topological polar surface area (TPSA) is 50.7 Å². The van der Waals surface area contributed by atoms with Gasteiger partial charge in [-0.1, -0.05) is 13.3 Å². The normalized spacial score (nSPS) is 10.7. The summed E-state index contributed by atoms with van der Waals surface area (Å²) in [6.45, 7) is 4.08. The first kappa shape index (κ1) is 11.6. The van der Waals surface area contributed by atoms with Gasteiger partial charge in [0.15, 0.2) is 0 Å². The number of hydrogen-bond donors (Lipinski definition) is 1. The van der Waals surface area contributed by atoms with E-state index in [-0.39, 0.29) is 5.56 Å². The van der Waals surface area contributed by atoms with Gasteiger partial charge in [-0.2, -0.15) is 0 Å². The quantitative estimate of drug-likeness (QED) is 0.877. The average molecular weight is 231 g/mol. The summed E-state index contributed by atoms with van der Waals surface area (Å²) in [6.07, 6.45) is 6.35. The molecule has 0 spiro atoms. The first-order chi connectivity index (χ1) is 8.24. The van der Waals surface area contributed by atoms with E-state index < -0.39 is 0 Å². The third-order valence-corrected chi connectivity index (χ3v) is 2.89. The van der Waals surface area contributed by atoms with Crippen LogP contribution in [0.1, 0.15) is 31.0 Å². The number of nitrogens with one attached hydrogen (secondary N) is 1. The number of pyridine rings is 1. The zero-order chi connectivity index (χ0) is 12.3. The highest BCUT2D eigenvalue weighted by molar-refractivity contribution is 5.30. The van der Waals surface area contributed by atoms with Crippen LogP contribution in [0.3, 0.4) is 0 Å². The van der Waals surface area contributed by atoms with Gasteiger partial charge in [-0.15, -0.1) is 0 Å². The van der Waals surface area contributed by atoms with Gasteiger partial charge in [-0.3, -0.25) is 14.9 Å². The molecule has 0 fully saturated rings. The average Bonchev–Trinajstić information content (AvgIpc) is 2.64. The molecular weight excluding hydrogens is 214 g/mol. The van der Waals surface area contributed by atoms with Crippen molar-refractivity contribution in [3.8, 4) is 5.69 Å². The van der Waals surface area contributed by atoms with E-state index in [4.69, 9.17) is 0 Å². The number of aryl methyl sites for hydroxylation is 1. The van der Waals surface area contributed by atoms with Crippen LogP contribution in [0.4, 0.5) is 0 Å². The second-order valence-electron chi connectivity index (χ2n) is 4.16. The Balaban J connectivity index is 2.41. The number of rotatable bonds is 4. The molecule has 0 aromatic carbocycles. The van der Waals surface area contributed by atoms with Gasteiger partial charge in [-0.05, 0) is 31.9 Å². The summed E-state index contributed by atoms with van der Waals surface area (Å²) < 4.78 is 1.59. The zero-order valence-corrected chi connectivity index (χ0v) is 10.2. The number of nitrogens with zero attached hydrogens (tertiary/aromatic N) is 2. The van der Waals surface area contributed by atoms with Crippen LogP contribution in [0.25, 0.3) is 5.69 Å². The fourth-order valence-corrected chi connectivity index (χ4v) is 1.90. The van der Waals surface area contributed by atoms with Crippen LogP contribution in [0, 0.1) is 6.92 Å². The lowest BCUT2D eigenvalue weighted by atomic mass is 10.1. The Labute approximate surface area is 100 Å². The first-order valence-electron chi connectivity index (χ1n) is 5.95. The van der Waals surface area contributed by atoms with E-state index in [0.717, 1.165) is 36.2 Å². The molecule has 2 aromatic rings. The molecule has 0 saturated carbocycles. The molecule has 4 nitrogen and oxygen atoms in total. The maximum Gasteiger partial charge on any atom is 0.274 e. The van der Waals surface area contributed by atoms with E-state index in [1.54, 1.807) is 17.1 Å². The fourth-order valence-electron chi connectivity index (χ4n) is 1.90. The lowest BCUT2D eigenvalue weighted by molar-refractivity contribution is 0.785. The number of unbranched alkanes of at least 4 members (excludes halogenated alkanes) is 1. The minimum absolute atomic E-state index is 0.0575. The summed E-state index contributed by atoms with van der Waals surface area (Å²) in [6, 6.07) is 3.64. The molecule has 4 heteroatoms. The minimum Gasteiger partial charge on any atom is -0.295 e. The van der Waals surface area contributed by atoms with Crippen molar-refractivity contribution in [1.29, 1.82) is 0 Å². The molecule has 0 aliphatic rings. The van der Waals surface area contributed by atoms with Crippen LogP contribution < -0.4 is 5.56 Å². The summed E-state index contributed by atoms with van der Waals surface area (Å²) in [4.78, 5) is 16.2. The third-order valence-electron chi connectivity index (χ3n) is 2.89. The Morgan fingerprint density at radius 2 is 2.06 bits per heavy atom. The van der Waals surface area contributed by atoms with Crippen LogP contribution >= 0.6 is 0 Å². The van der Waals surface area contributed by atoms with Gasteiger partial charge < -0.3 is 0 Å². The number of aromatic nitrogens is 3. The van der Waals surface area contributed by atoms with Crippen molar-refractivity contribution in [2.24, 2.45) is 0 Å². The summed E-state index contributed by atoms with van der Waals surface area (Å²) in [5.74, 6) is 0. The SMILES string of the molecule is CCCCc1c(C)[nH]n(-c2ccncc2)c1=O. The largest absolute Gasteiger partial charge is 0.295 e. The Morgan fingerprint density at radius 1 is 1.35 bits per heavy atom. The predicted octanol–water partition coefficient (Wildman–Crippen LogP) is 2.21. The summed E-state index contributed by atoms with van der Waals surface area (Å²) >= 11 is 0. The molecule has 2 aromatic heterocycles. The molecule has 0 unspecified atom stereocenters. The Bertz CT molecular complexity index is 540. The molecule has 2 rings (SSSR count). The van der Waals surface area contributed by atoms with Crippen LogP contribution in [0.2, 0.25) is 0 Å². The van der Waals surface area contributed by atoms with E-state index in [9.17, 15) is 4.79 Å². The van der Waals surface area contributed by atoms with E-state index in [1.165, 1.54) is 0 Å². The molecule has 17 heavy (non-hydrogen) atoms. The van der Waals surface area contributed by atoms with Crippen LogP contribution in [-0.4, -0.2) is 14.8 Å². The van der Waals surface area contributed by atoms with Crippen molar-refractivity contribution in [2.45, 2.75) is 33.1 Å². The van der Waals surface area contributed by atoms with Crippen molar-refractivity contribution in [3.05, 3.63) is 46.1 Å². The molecule has 0 saturated heterocycles. The van der Waals surface area contributed by atoms with Crippen LogP contribution in [0.5, 0.6) is 0 Å². The number of aromatic amines is 1. The summed E-state index contributed by atoms with van der Waals surface area (Å²) in [5, 5.41) is 3.11. The predicted molar refractivity (Wildman–Crippen MR) is 67.5 cm³/mol.